The summed E-state index contributed by atoms with van der Waals surface area (Å²) in [5.41, 5.74) is 1.08. The summed E-state index contributed by atoms with van der Waals surface area (Å²) in [4.78, 5) is 8.33. The molecule has 6 nitrogen and oxygen atoms in total. The SMILES string of the molecule is CCNc1cc(NCc2ccc(OC)c(OC)c2)ncn1. The van der Waals surface area contributed by atoms with Crippen molar-refractivity contribution in [1.82, 2.24) is 9.97 Å². The number of rotatable bonds is 7. The molecule has 2 rings (SSSR count). The van der Waals surface area contributed by atoms with E-state index in [1.807, 2.05) is 31.2 Å². The summed E-state index contributed by atoms with van der Waals surface area (Å²) >= 11 is 0. The van der Waals surface area contributed by atoms with E-state index < -0.39 is 0 Å². The fourth-order valence-electron chi connectivity index (χ4n) is 1.91. The Labute approximate surface area is 124 Å². The Morgan fingerprint density at radius 1 is 0.952 bits per heavy atom. The smallest absolute Gasteiger partial charge is 0.161 e. The van der Waals surface area contributed by atoms with Gasteiger partial charge in [0.15, 0.2) is 11.5 Å². The van der Waals surface area contributed by atoms with Crippen molar-refractivity contribution in [2.45, 2.75) is 13.5 Å². The van der Waals surface area contributed by atoms with Gasteiger partial charge in [0.05, 0.1) is 14.2 Å². The highest BCUT2D eigenvalue weighted by Gasteiger charge is 2.05. The van der Waals surface area contributed by atoms with Crippen LogP contribution in [0.1, 0.15) is 12.5 Å². The van der Waals surface area contributed by atoms with Crippen LogP contribution in [0.2, 0.25) is 0 Å². The zero-order chi connectivity index (χ0) is 15.1. The molecule has 1 aromatic carbocycles. The van der Waals surface area contributed by atoms with Gasteiger partial charge >= 0.3 is 0 Å². The van der Waals surface area contributed by atoms with Crippen LogP contribution in [0.25, 0.3) is 0 Å². The summed E-state index contributed by atoms with van der Waals surface area (Å²) in [6, 6.07) is 7.70. The maximum absolute atomic E-state index is 5.29. The quantitative estimate of drug-likeness (QED) is 0.816. The number of benzene rings is 1. The van der Waals surface area contributed by atoms with Crippen LogP contribution < -0.4 is 20.1 Å². The van der Waals surface area contributed by atoms with Gasteiger partial charge in [0.2, 0.25) is 0 Å². The van der Waals surface area contributed by atoms with Crippen LogP contribution >= 0.6 is 0 Å². The minimum atomic E-state index is 0.642. The van der Waals surface area contributed by atoms with E-state index in [4.69, 9.17) is 9.47 Å². The van der Waals surface area contributed by atoms with Crippen LogP contribution in [-0.4, -0.2) is 30.7 Å². The zero-order valence-electron chi connectivity index (χ0n) is 12.5. The summed E-state index contributed by atoms with van der Waals surface area (Å²) in [5, 5.41) is 6.41. The standard InChI is InChI=1S/C15H20N4O2/c1-4-16-14-8-15(19-10-18-14)17-9-11-5-6-12(20-2)13(7-11)21-3/h5-8,10H,4,9H2,1-3H3,(H2,16,17,18,19). The lowest BCUT2D eigenvalue weighted by Crippen LogP contribution is -2.05. The molecule has 112 valence electrons. The number of hydrogen-bond acceptors (Lipinski definition) is 6. The molecular formula is C15H20N4O2. The van der Waals surface area contributed by atoms with Gasteiger partial charge in [0.25, 0.3) is 0 Å². The molecule has 1 aromatic heterocycles. The van der Waals surface area contributed by atoms with Crippen LogP contribution in [-0.2, 0) is 6.54 Å². The van der Waals surface area contributed by atoms with Gasteiger partial charge in [-0.05, 0) is 24.6 Å². The van der Waals surface area contributed by atoms with Gasteiger partial charge in [-0.3, -0.25) is 0 Å². The van der Waals surface area contributed by atoms with Crippen LogP contribution in [0.3, 0.4) is 0 Å². The fraction of sp³-hybridized carbons (Fsp3) is 0.333. The molecule has 0 fully saturated rings. The van der Waals surface area contributed by atoms with Crippen molar-refractivity contribution in [3.05, 3.63) is 36.2 Å². The number of aromatic nitrogens is 2. The molecule has 0 spiro atoms. The predicted octanol–water partition coefficient (Wildman–Crippen LogP) is 2.54. The number of ether oxygens (including phenoxy) is 2. The molecule has 0 saturated carbocycles. The van der Waals surface area contributed by atoms with Crippen molar-refractivity contribution in [2.75, 3.05) is 31.4 Å². The minimum Gasteiger partial charge on any atom is -0.493 e. The van der Waals surface area contributed by atoms with Crippen molar-refractivity contribution >= 4 is 11.6 Å². The fourth-order valence-corrected chi connectivity index (χ4v) is 1.91. The molecule has 0 amide bonds. The molecule has 2 aromatic rings. The Morgan fingerprint density at radius 3 is 2.33 bits per heavy atom. The molecule has 0 radical (unpaired) electrons. The van der Waals surface area contributed by atoms with Crippen LogP contribution in [0.5, 0.6) is 11.5 Å². The molecule has 21 heavy (non-hydrogen) atoms. The number of anilines is 2. The van der Waals surface area contributed by atoms with Crippen molar-refractivity contribution in [3.63, 3.8) is 0 Å². The number of hydrogen-bond donors (Lipinski definition) is 2. The van der Waals surface area contributed by atoms with Gasteiger partial charge in [-0.25, -0.2) is 9.97 Å². The highest BCUT2D eigenvalue weighted by Crippen LogP contribution is 2.27. The number of nitrogens with zero attached hydrogens (tertiary/aromatic N) is 2. The molecule has 0 aliphatic heterocycles. The topological polar surface area (TPSA) is 68.3 Å². The van der Waals surface area contributed by atoms with Crippen molar-refractivity contribution in [1.29, 1.82) is 0 Å². The van der Waals surface area contributed by atoms with Crippen LogP contribution in [0.15, 0.2) is 30.6 Å². The second kappa shape index (κ2) is 7.33. The van der Waals surface area contributed by atoms with E-state index in [1.165, 1.54) is 6.33 Å². The van der Waals surface area contributed by atoms with E-state index >= 15 is 0 Å². The molecule has 0 aliphatic rings. The summed E-state index contributed by atoms with van der Waals surface area (Å²) < 4.78 is 10.5. The Balaban J connectivity index is 2.04. The molecule has 0 aliphatic carbocycles. The number of methoxy groups -OCH3 is 2. The lowest BCUT2D eigenvalue weighted by atomic mass is 10.2. The van der Waals surface area contributed by atoms with Crippen molar-refractivity contribution in [2.24, 2.45) is 0 Å². The van der Waals surface area contributed by atoms with Crippen LogP contribution in [0.4, 0.5) is 11.6 Å². The summed E-state index contributed by atoms with van der Waals surface area (Å²) in [6.45, 7) is 3.49. The van der Waals surface area contributed by atoms with Gasteiger partial charge in [-0.2, -0.15) is 0 Å². The predicted molar refractivity (Wildman–Crippen MR) is 83.1 cm³/mol. The minimum absolute atomic E-state index is 0.642. The summed E-state index contributed by atoms with van der Waals surface area (Å²) in [5.74, 6) is 3.02. The molecule has 6 heteroatoms. The number of nitrogens with one attached hydrogen (secondary N) is 2. The first-order valence-corrected chi connectivity index (χ1v) is 6.77. The lowest BCUT2D eigenvalue weighted by Gasteiger charge is -2.11. The first-order valence-electron chi connectivity index (χ1n) is 6.77. The van der Waals surface area contributed by atoms with Gasteiger partial charge in [0.1, 0.15) is 18.0 Å². The van der Waals surface area contributed by atoms with Crippen molar-refractivity contribution < 1.29 is 9.47 Å². The van der Waals surface area contributed by atoms with Crippen molar-refractivity contribution in [3.8, 4) is 11.5 Å². The van der Waals surface area contributed by atoms with E-state index in [2.05, 4.69) is 20.6 Å². The first kappa shape index (κ1) is 14.9. The maximum atomic E-state index is 5.29. The monoisotopic (exact) mass is 288 g/mol. The molecule has 1 heterocycles. The Kier molecular flexibility index (Phi) is 5.20. The largest absolute Gasteiger partial charge is 0.493 e. The first-order chi connectivity index (χ1) is 10.3. The average molecular weight is 288 g/mol. The highest BCUT2D eigenvalue weighted by molar-refractivity contribution is 5.48. The summed E-state index contributed by atoms with van der Waals surface area (Å²) in [6.07, 6.45) is 1.54. The lowest BCUT2D eigenvalue weighted by molar-refractivity contribution is 0.354. The molecule has 0 bridgehead atoms. The Morgan fingerprint density at radius 2 is 1.67 bits per heavy atom. The second-order valence-corrected chi connectivity index (χ2v) is 4.36. The average Bonchev–Trinajstić information content (AvgIpc) is 2.53. The van der Waals surface area contributed by atoms with E-state index in [0.29, 0.717) is 12.3 Å². The third kappa shape index (κ3) is 3.98. The highest BCUT2D eigenvalue weighted by atomic mass is 16.5. The summed E-state index contributed by atoms with van der Waals surface area (Å²) in [7, 11) is 3.25. The maximum Gasteiger partial charge on any atom is 0.161 e. The third-order valence-corrected chi connectivity index (χ3v) is 2.95. The second-order valence-electron chi connectivity index (χ2n) is 4.36. The zero-order valence-corrected chi connectivity index (χ0v) is 12.5. The Hall–Kier alpha value is -2.50. The van der Waals surface area contributed by atoms with Gasteiger partial charge in [0, 0.05) is 19.2 Å². The Bertz CT molecular complexity index is 590. The normalized spacial score (nSPS) is 10.0. The molecule has 0 saturated heterocycles. The van der Waals surface area contributed by atoms with E-state index in [0.717, 1.165) is 29.5 Å². The van der Waals surface area contributed by atoms with E-state index in [-0.39, 0.29) is 0 Å². The molecule has 2 N–H and O–H groups in total. The third-order valence-electron chi connectivity index (χ3n) is 2.95. The van der Waals surface area contributed by atoms with E-state index in [9.17, 15) is 0 Å². The van der Waals surface area contributed by atoms with Crippen LogP contribution in [0, 0.1) is 0 Å². The molecular weight excluding hydrogens is 268 g/mol. The molecule has 0 unspecified atom stereocenters. The van der Waals surface area contributed by atoms with Gasteiger partial charge < -0.3 is 20.1 Å². The van der Waals surface area contributed by atoms with Gasteiger partial charge in [-0.1, -0.05) is 6.07 Å². The van der Waals surface area contributed by atoms with Gasteiger partial charge in [-0.15, -0.1) is 0 Å². The molecule has 0 atom stereocenters. The van der Waals surface area contributed by atoms with E-state index in [1.54, 1.807) is 14.2 Å².